The van der Waals surface area contributed by atoms with E-state index in [-0.39, 0.29) is 0 Å². The first kappa shape index (κ1) is 11.2. The van der Waals surface area contributed by atoms with Gasteiger partial charge in [0.2, 0.25) is 0 Å². The molecular formula is C6H11N3O5. The number of nitrogens with zero attached hydrogens (tertiary/aromatic N) is 3. The van der Waals surface area contributed by atoms with Crippen LogP contribution >= 0.6 is 0 Å². The highest BCUT2D eigenvalue weighted by molar-refractivity contribution is 4.92. The van der Waals surface area contributed by atoms with Crippen LogP contribution in [-0.4, -0.2) is 57.7 Å². The molecule has 0 aromatic rings. The van der Waals surface area contributed by atoms with Crippen molar-refractivity contribution in [3.8, 4) is 0 Å². The van der Waals surface area contributed by atoms with Crippen LogP contribution in [0.25, 0.3) is 10.4 Å². The Labute approximate surface area is 79.0 Å². The van der Waals surface area contributed by atoms with Crippen molar-refractivity contribution in [3.05, 3.63) is 10.4 Å². The summed E-state index contributed by atoms with van der Waals surface area (Å²) in [6, 6.07) is -1.27. The van der Waals surface area contributed by atoms with Crippen molar-refractivity contribution in [3.63, 3.8) is 0 Å². The second-order valence-electron chi connectivity index (χ2n) is 2.92. The molecule has 0 saturated carbocycles. The molecule has 0 unspecified atom stereocenters. The Morgan fingerprint density at radius 1 is 1.29 bits per heavy atom. The highest BCUT2D eigenvalue weighted by Gasteiger charge is 2.43. The summed E-state index contributed by atoms with van der Waals surface area (Å²) in [4.78, 5) is 2.40. The topological polar surface area (TPSA) is 139 Å². The molecule has 0 amide bonds. The molecule has 1 heterocycles. The van der Waals surface area contributed by atoms with Crippen LogP contribution in [0, 0.1) is 0 Å². The molecule has 1 fully saturated rings. The molecule has 1 aliphatic rings. The summed E-state index contributed by atoms with van der Waals surface area (Å²) in [5, 5.41) is 39.7. The average molecular weight is 205 g/mol. The van der Waals surface area contributed by atoms with Gasteiger partial charge in [-0.15, -0.1) is 0 Å². The van der Waals surface area contributed by atoms with E-state index in [9.17, 15) is 15.3 Å². The minimum Gasteiger partial charge on any atom is -0.394 e. The van der Waals surface area contributed by atoms with Crippen molar-refractivity contribution in [2.24, 2.45) is 5.11 Å². The van der Waals surface area contributed by atoms with E-state index >= 15 is 0 Å². The predicted octanol–water partition coefficient (Wildman–Crippen LogP) is -1.90. The van der Waals surface area contributed by atoms with Gasteiger partial charge in [0.25, 0.3) is 0 Å². The normalized spacial score (nSPS) is 43.0. The maximum Gasteiger partial charge on any atom is 0.166 e. The predicted molar refractivity (Wildman–Crippen MR) is 42.9 cm³/mol. The summed E-state index contributed by atoms with van der Waals surface area (Å²) in [5.41, 5.74) is 8.11. The third kappa shape index (κ3) is 1.95. The van der Waals surface area contributed by atoms with Gasteiger partial charge in [-0.3, -0.25) is 0 Å². The van der Waals surface area contributed by atoms with E-state index in [1.807, 2.05) is 0 Å². The molecule has 0 aliphatic carbocycles. The van der Waals surface area contributed by atoms with E-state index in [1.54, 1.807) is 0 Å². The summed E-state index contributed by atoms with van der Waals surface area (Å²) >= 11 is 0. The zero-order valence-corrected chi connectivity index (χ0v) is 7.13. The first-order valence-electron chi connectivity index (χ1n) is 3.96. The zero-order chi connectivity index (χ0) is 10.7. The number of azide groups is 1. The van der Waals surface area contributed by atoms with Crippen LogP contribution in [0.5, 0.6) is 0 Å². The van der Waals surface area contributed by atoms with E-state index < -0.39 is 37.3 Å². The second-order valence-corrected chi connectivity index (χ2v) is 2.92. The lowest BCUT2D eigenvalue weighted by atomic mass is 9.98. The molecule has 1 saturated heterocycles. The molecule has 1 rings (SSSR count). The van der Waals surface area contributed by atoms with E-state index in [2.05, 4.69) is 10.0 Å². The van der Waals surface area contributed by atoms with Crippen molar-refractivity contribution in [2.75, 3.05) is 6.61 Å². The van der Waals surface area contributed by atoms with Crippen molar-refractivity contribution in [1.82, 2.24) is 0 Å². The molecule has 1 aliphatic heterocycles. The molecule has 0 bridgehead atoms. The molecule has 8 nitrogen and oxygen atoms in total. The molecule has 0 aromatic heterocycles. The number of aliphatic hydroxyl groups excluding tert-OH is 4. The van der Waals surface area contributed by atoms with Gasteiger partial charge < -0.3 is 25.2 Å². The lowest BCUT2D eigenvalue weighted by molar-refractivity contribution is -0.248. The Morgan fingerprint density at radius 3 is 2.43 bits per heavy atom. The highest BCUT2D eigenvalue weighted by atomic mass is 16.6. The number of hydrogen-bond acceptors (Lipinski definition) is 6. The van der Waals surface area contributed by atoms with Gasteiger partial charge in [0.15, 0.2) is 6.29 Å². The number of rotatable bonds is 2. The Morgan fingerprint density at radius 2 is 1.93 bits per heavy atom. The number of hydrogen-bond donors (Lipinski definition) is 4. The van der Waals surface area contributed by atoms with Crippen molar-refractivity contribution in [2.45, 2.75) is 30.6 Å². The Hall–Kier alpha value is -0.890. The van der Waals surface area contributed by atoms with Crippen LogP contribution in [0.1, 0.15) is 0 Å². The fraction of sp³-hybridized carbons (Fsp3) is 1.00. The molecule has 5 atom stereocenters. The molecule has 0 aromatic carbocycles. The first-order valence-corrected chi connectivity index (χ1v) is 3.96. The van der Waals surface area contributed by atoms with Crippen LogP contribution in [0.2, 0.25) is 0 Å². The van der Waals surface area contributed by atoms with Gasteiger partial charge in [0.05, 0.1) is 12.7 Å². The molecule has 0 spiro atoms. The Balaban J connectivity index is 2.78. The minimum atomic E-state index is -1.53. The molecule has 14 heavy (non-hydrogen) atoms. The minimum absolute atomic E-state index is 0.543. The average Bonchev–Trinajstić information content (AvgIpc) is 2.18. The zero-order valence-electron chi connectivity index (χ0n) is 7.13. The van der Waals surface area contributed by atoms with E-state index in [1.165, 1.54) is 0 Å². The quantitative estimate of drug-likeness (QED) is 0.237. The van der Waals surface area contributed by atoms with Gasteiger partial charge in [0.1, 0.15) is 18.2 Å². The Kier molecular flexibility index (Phi) is 3.64. The lowest BCUT2D eigenvalue weighted by Gasteiger charge is -2.37. The van der Waals surface area contributed by atoms with Gasteiger partial charge in [-0.1, -0.05) is 5.11 Å². The molecule has 0 radical (unpaired) electrons. The highest BCUT2D eigenvalue weighted by Crippen LogP contribution is 2.21. The summed E-state index contributed by atoms with van der Waals surface area (Å²) in [6.45, 7) is -0.543. The van der Waals surface area contributed by atoms with Gasteiger partial charge in [-0.2, -0.15) is 0 Å². The van der Waals surface area contributed by atoms with Crippen LogP contribution in [-0.2, 0) is 4.74 Å². The number of ether oxygens (including phenoxy) is 1. The first-order chi connectivity index (χ1) is 6.61. The van der Waals surface area contributed by atoms with Crippen molar-refractivity contribution >= 4 is 0 Å². The molecule has 8 heteroatoms. The molecular weight excluding hydrogens is 194 g/mol. The Bertz CT molecular complexity index is 244. The third-order valence-corrected chi connectivity index (χ3v) is 2.05. The summed E-state index contributed by atoms with van der Waals surface area (Å²) in [6.07, 6.45) is -5.45. The van der Waals surface area contributed by atoms with Crippen LogP contribution in [0.15, 0.2) is 5.11 Å². The fourth-order valence-corrected chi connectivity index (χ4v) is 1.27. The van der Waals surface area contributed by atoms with Crippen LogP contribution in [0.4, 0.5) is 0 Å². The van der Waals surface area contributed by atoms with Gasteiger partial charge in [0, 0.05) is 4.91 Å². The maximum atomic E-state index is 9.37. The lowest BCUT2D eigenvalue weighted by Crippen LogP contribution is -2.57. The standard InChI is InChI=1S/C6H11N3O5/c7-9-8-3-5(12)4(11)2(1-10)14-6(3)13/h2-6,10-13H,1H2/t2-,3+,4+,5-,6+/m1/s1. The number of aliphatic hydroxyl groups is 4. The van der Waals surface area contributed by atoms with E-state index in [0.29, 0.717) is 0 Å². The fourth-order valence-electron chi connectivity index (χ4n) is 1.27. The summed E-state index contributed by atoms with van der Waals surface area (Å²) in [5.74, 6) is 0. The van der Waals surface area contributed by atoms with E-state index in [4.69, 9.17) is 15.4 Å². The van der Waals surface area contributed by atoms with Gasteiger partial charge in [-0.05, 0) is 5.53 Å². The SMILES string of the molecule is [N-]=[N+]=N[C@H]1[C@@H](O)[C@@H](O)[C@@H](CO)O[C@@H]1O. The third-order valence-electron chi connectivity index (χ3n) is 2.05. The van der Waals surface area contributed by atoms with Crippen molar-refractivity contribution in [1.29, 1.82) is 0 Å². The molecule has 4 N–H and O–H groups in total. The second kappa shape index (κ2) is 4.56. The van der Waals surface area contributed by atoms with Crippen LogP contribution in [0.3, 0.4) is 0 Å². The van der Waals surface area contributed by atoms with E-state index in [0.717, 1.165) is 0 Å². The summed E-state index contributed by atoms with van der Waals surface area (Å²) < 4.78 is 4.71. The maximum absolute atomic E-state index is 9.37. The summed E-state index contributed by atoms with van der Waals surface area (Å²) in [7, 11) is 0. The monoisotopic (exact) mass is 205 g/mol. The van der Waals surface area contributed by atoms with Gasteiger partial charge >= 0.3 is 0 Å². The smallest absolute Gasteiger partial charge is 0.166 e. The van der Waals surface area contributed by atoms with Crippen molar-refractivity contribution < 1.29 is 25.2 Å². The van der Waals surface area contributed by atoms with Crippen LogP contribution < -0.4 is 0 Å². The largest absolute Gasteiger partial charge is 0.394 e. The molecule has 80 valence electrons. The van der Waals surface area contributed by atoms with Gasteiger partial charge in [-0.25, -0.2) is 0 Å².